The van der Waals surface area contributed by atoms with E-state index in [-0.39, 0.29) is 41.4 Å². The van der Waals surface area contributed by atoms with Gasteiger partial charge in [-0.3, -0.25) is 9.59 Å². The quantitative estimate of drug-likeness (QED) is 0.457. The first-order valence-electron chi connectivity index (χ1n) is 6.86. The van der Waals surface area contributed by atoms with Gasteiger partial charge in [0.05, 0.1) is 12.2 Å². The van der Waals surface area contributed by atoms with Gasteiger partial charge in [0.2, 0.25) is 5.88 Å². The number of nitrogens with one attached hydrogen (secondary N) is 1. The summed E-state index contributed by atoms with van der Waals surface area (Å²) in [5.41, 5.74) is 0.193. The van der Waals surface area contributed by atoms with Crippen LogP contribution < -0.4 is 5.32 Å². The van der Waals surface area contributed by atoms with E-state index in [2.05, 4.69) is 10.3 Å². The average molecular weight is 313 g/mol. The molecular weight excluding hydrogens is 296 g/mol. The van der Waals surface area contributed by atoms with E-state index in [1.807, 2.05) is 6.92 Å². The first-order valence-corrected chi connectivity index (χ1v) is 7.24. The van der Waals surface area contributed by atoms with Crippen molar-refractivity contribution in [1.82, 2.24) is 4.98 Å². The summed E-state index contributed by atoms with van der Waals surface area (Å²) in [7, 11) is 0. The molecule has 1 fully saturated rings. The molecule has 114 valence electrons. The molecule has 6 nitrogen and oxygen atoms in total. The van der Waals surface area contributed by atoms with Crippen LogP contribution >= 0.6 is 11.6 Å². The van der Waals surface area contributed by atoms with E-state index in [0.29, 0.717) is 6.42 Å². The number of nitrogens with zero attached hydrogens (tertiary/aromatic N) is 1. The van der Waals surface area contributed by atoms with Crippen molar-refractivity contribution in [1.29, 1.82) is 0 Å². The molecule has 1 heterocycles. The van der Waals surface area contributed by atoms with E-state index in [4.69, 9.17) is 16.3 Å². The van der Waals surface area contributed by atoms with Crippen molar-refractivity contribution in [3.63, 3.8) is 0 Å². The second-order valence-electron chi connectivity index (χ2n) is 4.93. The van der Waals surface area contributed by atoms with Gasteiger partial charge in [-0.25, -0.2) is 0 Å². The molecule has 7 heteroatoms. The van der Waals surface area contributed by atoms with Gasteiger partial charge in [-0.1, -0.05) is 18.5 Å². The minimum absolute atomic E-state index is 0.0263. The van der Waals surface area contributed by atoms with Crippen LogP contribution in [0, 0.1) is 0 Å². The zero-order chi connectivity index (χ0) is 15.4. The van der Waals surface area contributed by atoms with Crippen LogP contribution in [0.4, 0.5) is 5.82 Å². The highest BCUT2D eigenvalue weighted by Crippen LogP contribution is 2.31. The van der Waals surface area contributed by atoms with Gasteiger partial charge in [0.1, 0.15) is 17.3 Å². The second kappa shape index (κ2) is 6.76. The van der Waals surface area contributed by atoms with Crippen molar-refractivity contribution in [2.75, 3.05) is 11.9 Å². The molecule has 0 saturated heterocycles. The summed E-state index contributed by atoms with van der Waals surface area (Å²) < 4.78 is 4.89. The molecule has 0 spiro atoms. The number of ketones is 1. The van der Waals surface area contributed by atoms with Gasteiger partial charge >= 0.3 is 5.97 Å². The number of halogens is 1. The Balaban J connectivity index is 2.14. The van der Waals surface area contributed by atoms with Crippen LogP contribution in [0.2, 0.25) is 5.02 Å². The third-order valence-corrected chi connectivity index (χ3v) is 3.23. The van der Waals surface area contributed by atoms with Crippen molar-refractivity contribution < 1.29 is 19.4 Å². The molecule has 0 bridgehead atoms. The molecule has 1 aliphatic carbocycles. The van der Waals surface area contributed by atoms with Crippen LogP contribution in [-0.2, 0) is 9.53 Å². The van der Waals surface area contributed by atoms with E-state index in [9.17, 15) is 14.7 Å². The highest BCUT2D eigenvalue weighted by atomic mass is 35.5. The third kappa shape index (κ3) is 4.32. The third-order valence-electron chi connectivity index (χ3n) is 2.95. The smallest absolute Gasteiger partial charge is 0.313 e. The zero-order valence-corrected chi connectivity index (χ0v) is 12.4. The van der Waals surface area contributed by atoms with Crippen LogP contribution in [0.15, 0.2) is 6.07 Å². The molecular formula is C14H17ClN2O4. The number of rotatable bonds is 7. The normalized spacial score (nSPS) is 13.8. The van der Waals surface area contributed by atoms with Gasteiger partial charge in [-0.15, -0.1) is 0 Å². The molecule has 2 N–H and O–H groups in total. The number of pyridine rings is 1. The van der Waals surface area contributed by atoms with Crippen LogP contribution in [-0.4, -0.2) is 34.5 Å². The fraction of sp³-hybridized carbons (Fsp3) is 0.500. The number of hydrogen-bond donors (Lipinski definition) is 2. The van der Waals surface area contributed by atoms with E-state index in [1.165, 1.54) is 6.07 Å². The zero-order valence-electron chi connectivity index (χ0n) is 11.7. The summed E-state index contributed by atoms with van der Waals surface area (Å²) in [6, 6.07) is 1.57. The Morgan fingerprint density at radius 3 is 2.86 bits per heavy atom. The van der Waals surface area contributed by atoms with E-state index in [0.717, 1.165) is 12.8 Å². The molecule has 0 radical (unpaired) electrons. The fourth-order valence-corrected chi connectivity index (χ4v) is 1.87. The predicted molar refractivity (Wildman–Crippen MR) is 77.8 cm³/mol. The van der Waals surface area contributed by atoms with Gasteiger partial charge in [0.15, 0.2) is 5.78 Å². The summed E-state index contributed by atoms with van der Waals surface area (Å²) in [6.07, 6.45) is 2.29. The lowest BCUT2D eigenvalue weighted by Crippen LogP contribution is -2.15. The van der Waals surface area contributed by atoms with Gasteiger partial charge in [0.25, 0.3) is 0 Å². The van der Waals surface area contributed by atoms with Gasteiger partial charge in [-0.05, 0) is 25.3 Å². The summed E-state index contributed by atoms with van der Waals surface area (Å²) in [4.78, 5) is 27.6. The summed E-state index contributed by atoms with van der Waals surface area (Å²) >= 11 is 5.79. The summed E-state index contributed by atoms with van der Waals surface area (Å²) in [5, 5.41) is 12.6. The van der Waals surface area contributed by atoms with Crippen molar-refractivity contribution in [2.24, 2.45) is 0 Å². The molecule has 1 saturated carbocycles. The maximum absolute atomic E-state index is 12.2. The average Bonchev–Trinajstić information content (AvgIpc) is 3.24. The minimum Gasteiger partial charge on any atom is -0.492 e. The van der Waals surface area contributed by atoms with Crippen LogP contribution in [0.25, 0.3) is 0 Å². The SMILES string of the molecule is CCCOC(=O)CC(=O)c1cc(Cl)c(O)nc1NC1CC1. The fourth-order valence-electron chi connectivity index (χ4n) is 1.72. The molecule has 2 rings (SSSR count). The monoisotopic (exact) mass is 312 g/mol. The first kappa shape index (κ1) is 15.6. The molecule has 0 aromatic carbocycles. The Morgan fingerprint density at radius 1 is 1.52 bits per heavy atom. The Kier molecular flexibility index (Phi) is 5.01. The molecule has 1 aromatic heterocycles. The lowest BCUT2D eigenvalue weighted by Gasteiger charge is -2.11. The molecule has 0 aliphatic heterocycles. The van der Waals surface area contributed by atoms with E-state index < -0.39 is 11.8 Å². The van der Waals surface area contributed by atoms with Gasteiger partial charge in [-0.2, -0.15) is 4.98 Å². The van der Waals surface area contributed by atoms with E-state index in [1.54, 1.807) is 0 Å². The number of carbonyl (C=O) groups excluding carboxylic acids is 2. The maximum Gasteiger partial charge on any atom is 0.313 e. The minimum atomic E-state index is -0.580. The number of carbonyl (C=O) groups is 2. The molecule has 0 amide bonds. The Labute approximate surface area is 127 Å². The predicted octanol–water partition coefficient (Wildman–Crippen LogP) is 2.54. The maximum atomic E-state index is 12.2. The second-order valence-corrected chi connectivity index (χ2v) is 5.34. The van der Waals surface area contributed by atoms with Gasteiger partial charge < -0.3 is 15.2 Å². The Morgan fingerprint density at radius 2 is 2.24 bits per heavy atom. The van der Waals surface area contributed by atoms with Gasteiger partial charge in [0, 0.05) is 6.04 Å². The summed E-state index contributed by atoms with van der Waals surface area (Å²) in [5.74, 6) is -1.10. The number of ether oxygens (including phenoxy) is 1. The van der Waals surface area contributed by atoms with E-state index >= 15 is 0 Å². The summed E-state index contributed by atoms with van der Waals surface area (Å²) in [6.45, 7) is 2.16. The number of hydrogen-bond acceptors (Lipinski definition) is 6. The highest BCUT2D eigenvalue weighted by Gasteiger charge is 2.26. The molecule has 0 atom stereocenters. The topological polar surface area (TPSA) is 88.5 Å². The number of Topliss-reactive ketones (excluding diaryl/α,β-unsaturated/α-hetero) is 1. The van der Waals surface area contributed by atoms with Crippen LogP contribution in [0.3, 0.4) is 0 Å². The first-order chi connectivity index (χ1) is 10.0. The van der Waals surface area contributed by atoms with Crippen molar-refractivity contribution in [3.05, 3.63) is 16.7 Å². The lowest BCUT2D eigenvalue weighted by molar-refractivity contribution is -0.142. The van der Waals surface area contributed by atoms with Crippen LogP contribution in [0.5, 0.6) is 5.88 Å². The molecule has 1 aromatic rings. The number of esters is 1. The highest BCUT2D eigenvalue weighted by molar-refractivity contribution is 6.32. The van der Waals surface area contributed by atoms with Crippen molar-refractivity contribution in [2.45, 2.75) is 38.6 Å². The number of aromatic hydroxyl groups is 1. The van der Waals surface area contributed by atoms with Crippen molar-refractivity contribution >= 4 is 29.2 Å². The Hall–Kier alpha value is -1.82. The Bertz CT molecular complexity index is 558. The number of aromatic nitrogens is 1. The van der Waals surface area contributed by atoms with Crippen LogP contribution in [0.1, 0.15) is 43.0 Å². The lowest BCUT2D eigenvalue weighted by atomic mass is 10.1. The standard InChI is InChI=1S/C14H17ClN2O4/c1-2-5-21-12(19)7-11(18)9-6-10(15)14(20)17-13(9)16-8-3-4-8/h6,8H,2-5,7H2,1H3,(H2,16,17,20). The largest absolute Gasteiger partial charge is 0.492 e. The number of anilines is 1. The molecule has 21 heavy (non-hydrogen) atoms. The molecule has 1 aliphatic rings. The molecule has 0 unspecified atom stereocenters. The van der Waals surface area contributed by atoms with Crippen molar-refractivity contribution in [3.8, 4) is 5.88 Å².